The average Bonchev–Trinajstić information content (AvgIpc) is 2.45. The normalized spacial score (nSPS) is 17.4. The van der Waals surface area contributed by atoms with Crippen LogP contribution >= 0.6 is 0 Å². The van der Waals surface area contributed by atoms with Gasteiger partial charge in [0.2, 0.25) is 0 Å². The van der Waals surface area contributed by atoms with Crippen molar-refractivity contribution in [2.75, 3.05) is 52.9 Å². The van der Waals surface area contributed by atoms with E-state index in [0.29, 0.717) is 6.54 Å². The van der Waals surface area contributed by atoms with Crippen molar-refractivity contribution in [2.24, 2.45) is 0 Å². The highest BCUT2D eigenvalue weighted by Gasteiger charge is 2.16. The Balaban J connectivity index is 2.03. The van der Waals surface area contributed by atoms with Crippen molar-refractivity contribution in [1.82, 2.24) is 20.9 Å². The largest absolute Gasteiger partial charge is 0.479 e. The molecule has 1 heterocycles. The zero-order chi connectivity index (χ0) is 14.8. The van der Waals surface area contributed by atoms with Gasteiger partial charge in [0.25, 0.3) is 0 Å². The molecule has 0 radical (unpaired) electrons. The number of hydrogen-bond donors (Lipinski definition) is 4. The van der Waals surface area contributed by atoms with Gasteiger partial charge in [0, 0.05) is 39.8 Å². The number of amides is 2. The van der Waals surface area contributed by atoms with Crippen LogP contribution in [0.2, 0.25) is 0 Å². The van der Waals surface area contributed by atoms with Gasteiger partial charge in [0.05, 0.1) is 6.54 Å². The zero-order valence-electron chi connectivity index (χ0n) is 11.9. The Labute approximate surface area is 118 Å². The van der Waals surface area contributed by atoms with Crippen molar-refractivity contribution < 1.29 is 19.4 Å². The summed E-state index contributed by atoms with van der Waals surface area (Å²) in [7, 11) is 1.30. The second kappa shape index (κ2) is 9.51. The van der Waals surface area contributed by atoms with Gasteiger partial charge >= 0.3 is 12.0 Å². The van der Waals surface area contributed by atoms with E-state index in [9.17, 15) is 9.59 Å². The molecular weight excluding hydrogens is 264 g/mol. The van der Waals surface area contributed by atoms with Gasteiger partial charge < -0.3 is 30.7 Å². The molecule has 0 aromatic heterocycles. The summed E-state index contributed by atoms with van der Waals surface area (Å²) >= 11 is 0. The van der Waals surface area contributed by atoms with Crippen molar-refractivity contribution in [3.8, 4) is 0 Å². The van der Waals surface area contributed by atoms with Crippen LogP contribution in [0.4, 0.5) is 4.79 Å². The molecule has 20 heavy (non-hydrogen) atoms. The monoisotopic (exact) mass is 288 g/mol. The van der Waals surface area contributed by atoms with Gasteiger partial charge in [-0.3, -0.25) is 0 Å². The third-order valence-corrected chi connectivity index (χ3v) is 3.15. The van der Waals surface area contributed by atoms with E-state index in [4.69, 9.17) is 9.84 Å². The van der Waals surface area contributed by atoms with Crippen molar-refractivity contribution >= 4 is 12.0 Å². The predicted octanol–water partition coefficient (Wildman–Crippen LogP) is -1.32. The summed E-state index contributed by atoms with van der Waals surface area (Å²) in [6.45, 7) is 5.59. The van der Waals surface area contributed by atoms with Gasteiger partial charge in [0.15, 0.2) is 6.10 Å². The van der Waals surface area contributed by atoms with E-state index in [1.54, 1.807) is 0 Å². The number of hydrogen-bond acceptors (Lipinski definition) is 5. The lowest BCUT2D eigenvalue weighted by Crippen LogP contribution is -2.45. The fourth-order valence-electron chi connectivity index (χ4n) is 1.96. The summed E-state index contributed by atoms with van der Waals surface area (Å²) in [6, 6.07) is -0.367. The summed E-state index contributed by atoms with van der Waals surface area (Å²) in [5.74, 6) is -1.09. The van der Waals surface area contributed by atoms with Crippen LogP contribution in [0.5, 0.6) is 0 Å². The molecule has 1 aliphatic rings. The number of carboxylic acid groups (broad SMARTS) is 1. The molecule has 0 saturated carbocycles. The van der Waals surface area contributed by atoms with Crippen LogP contribution in [0.1, 0.15) is 6.42 Å². The summed E-state index contributed by atoms with van der Waals surface area (Å²) in [5.41, 5.74) is 0. The van der Waals surface area contributed by atoms with E-state index in [1.807, 2.05) is 0 Å². The highest BCUT2D eigenvalue weighted by atomic mass is 16.5. The average molecular weight is 288 g/mol. The number of methoxy groups -OCH3 is 1. The fourth-order valence-corrected chi connectivity index (χ4v) is 1.96. The second-order valence-electron chi connectivity index (χ2n) is 4.64. The van der Waals surface area contributed by atoms with Crippen molar-refractivity contribution in [2.45, 2.75) is 12.5 Å². The Kier molecular flexibility index (Phi) is 7.93. The number of carbonyl (C=O) groups excluding carboxylic acids is 1. The minimum Gasteiger partial charge on any atom is -0.479 e. The van der Waals surface area contributed by atoms with Crippen LogP contribution in [0, 0.1) is 0 Å². The van der Waals surface area contributed by atoms with Gasteiger partial charge in [-0.25, -0.2) is 9.59 Å². The van der Waals surface area contributed by atoms with E-state index in [2.05, 4.69) is 20.9 Å². The van der Waals surface area contributed by atoms with E-state index in [-0.39, 0.29) is 12.6 Å². The first kappa shape index (κ1) is 16.7. The molecule has 0 aliphatic carbocycles. The molecule has 1 atom stereocenters. The molecule has 116 valence electrons. The minimum atomic E-state index is -1.09. The maximum atomic E-state index is 11.4. The zero-order valence-corrected chi connectivity index (χ0v) is 11.9. The summed E-state index contributed by atoms with van der Waals surface area (Å²) in [4.78, 5) is 24.5. The maximum Gasteiger partial charge on any atom is 0.334 e. The van der Waals surface area contributed by atoms with Crippen LogP contribution in [0.25, 0.3) is 0 Å². The SMILES string of the molecule is COC(CNC(=O)NCCCN1CCNCC1)C(=O)O. The van der Waals surface area contributed by atoms with Crippen LogP contribution in [0.3, 0.4) is 0 Å². The number of nitrogens with zero attached hydrogens (tertiary/aromatic N) is 1. The lowest BCUT2D eigenvalue weighted by Gasteiger charge is -2.27. The van der Waals surface area contributed by atoms with Crippen LogP contribution in [-0.4, -0.2) is 81.0 Å². The number of piperazine rings is 1. The van der Waals surface area contributed by atoms with Gasteiger partial charge in [-0.05, 0) is 13.0 Å². The molecule has 8 nitrogen and oxygen atoms in total. The second-order valence-corrected chi connectivity index (χ2v) is 4.64. The molecule has 0 aromatic rings. The summed E-state index contributed by atoms with van der Waals surface area (Å²) < 4.78 is 4.71. The van der Waals surface area contributed by atoms with E-state index in [1.165, 1.54) is 7.11 Å². The summed E-state index contributed by atoms with van der Waals surface area (Å²) in [5, 5.41) is 17.2. The number of carboxylic acids is 1. The van der Waals surface area contributed by atoms with Gasteiger partial charge in [0.1, 0.15) is 0 Å². The van der Waals surface area contributed by atoms with Crippen LogP contribution < -0.4 is 16.0 Å². The van der Waals surface area contributed by atoms with E-state index >= 15 is 0 Å². The first-order valence-electron chi connectivity index (χ1n) is 6.84. The van der Waals surface area contributed by atoms with Gasteiger partial charge in [-0.2, -0.15) is 0 Å². The van der Waals surface area contributed by atoms with E-state index in [0.717, 1.165) is 39.1 Å². The van der Waals surface area contributed by atoms with Crippen molar-refractivity contribution in [3.05, 3.63) is 0 Å². The lowest BCUT2D eigenvalue weighted by atomic mass is 10.3. The highest BCUT2D eigenvalue weighted by Crippen LogP contribution is 1.93. The Hall–Kier alpha value is -1.38. The molecule has 8 heteroatoms. The molecule has 0 bridgehead atoms. The number of nitrogens with one attached hydrogen (secondary N) is 3. The molecule has 0 aromatic carbocycles. The Bertz CT molecular complexity index is 308. The Morgan fingerprint density at radius 1 is 1.35 bits per heavy atom. The number of ether oxygens (including phenoxy) is 1. The van der Waals surface area contributed by atoms with Gasteiger partial charge in [-0.1, -0.05) is 0 Å². The van der Waals surface area contributed by atoms with Crippen LogP contribution in [0.15, 0.2) is 0 Å². The molecule has 4 N–H and O–H groups in total. The molecule has 0 spiro atoms. The number of rotatable bonds is 8. The molecule has 1 aliphatic heterocycles. The standard InChI is InChI=1S/C12H24N4O4/c1-20-10(11(17)18)9-15-12(19)14-3-2-6-16-7-4-13-5-8-16/h10,13H,2-9H2,1H3,(H,17,18)(H2,14,15,19). The number of aliphatic carboxylic acids is 1. The van der Waals surface area contributed by atoms with Crippen molar-refractivity contribution in [1.29, 1.82) is 0 Å². The number of carbonyl (C=O) groups is 2. The molecule has 1 saturated heterocycles. The molecular formula is C12H24N4O4. The highest BCUT2D eigenvalue weighted by molar-refractivity contribution is 5.76. The maximum absolute atomic E-state index is 11.4. The molecule has 1 rings (SSSR count). The lowest BCUT2D eigenvalue weighted by molar-refractivity contribution is -0.147. The number of urea groups is 1. The minimum absolute atomic E-state index is 0.0462. The van der Waals surface area contributed by atoms with E-state index < -0.39 is 12.1 Å². The van der Waals surface area contributed by atoms with Gasteiger partial charge in [-0.15, -0.1) is 0 Å². The Morgan fingerprint density at radius 2 is 2.05 bits per heavy atom. The quantitative estimate of drug-likeness (QED) is 0.413. The van der Waals surface area contributed by atoms with Crippen molar-refractivity contribution in [3.63, 3.8) is 0 Å². The third-order valence-electron chi connectivity index (χ3n) is 3.15. The molecule has 2 amide bonds. The third kappa shape index (κ3) is 6.69. The first-order valence-corrected chi connectivity index (χ1v) is 6.84. The van der Waals surface area contributed by atoms with Crippen LogP contribution in [-0.2, 0) is 9.53 Å². The topological polar surface area (TPSA) is 103 Å². The predicted molar refractivity (Wildman–Crippen MR) is 73.8 cm³/mol. The smallest absolute Gasteiger partial charge is 0.334 e. The first-order chi connectivity index (χ1) is 9.63. The molecule has 1 unspecified atom stereocenters. The Morgan fingerprint density at radius 3 is 2.65 bits per heavy atom. The fraction of sp³-hybridized carbons (Fsp3) is 0.833. The molecule has 1 fully saturated rings. The summed E-state index contributed by atoms with van der Waals surface area (Å²) in [6.07, 6.45) is -0.137.